The lowest BCUT2D eigenvalue weighted by Gasteiger charge is -2.09. The highest BCUT2D eigenvalue weighted by Gasteiger charge is 2.07. The van der Waals surface area contributed by atoms with Gasteiger partial charge < -0.3 is 14.6 Å². The molecule has 1 aromatic carbocycles. The van der Waals surface area contributed by atoms with Crippen LogP contribution in [0.2, 0.25) is 0 Å². The molecule has 0 radical (unpaired) electrons. The molecule has 0 aliphatic carbocycles. The molecule has 0 bridgehead atoms. The molecule has 0 saturated heterocycles. The van der Waals surface area contributed by atoms with Crippen molar-refractivity contribution in [2.45, 2.75) is 6.42 Å². The highest BCUT2D eigenvalue weighted by molar-refractivity contribution is 5.73. The lowest BCUT2D eigenvalue weighted by Crippen LogP contribution is -2.10. The molecule has 3 aromatic rings. The van der Waals surface area contributed by atoms with Gasteiger partial charge in [0.1, 0.15) is 17.4 Å². The number of methoxy groups -OCH3 is 1. The number of benzene rings is 1. The van der Waals surface area contributed by atoms with Crippen LogP contribution < -0.4 is 9.64 Å². The normalized spacial score (nSPS) is 10.8. The number of anilines is 1. The standard InChI is InChI=1S/C16H18N4O/c1-20(2)15-8-7-13-16(19-15)18-14(17-13)10-11-5-4-6-12(9-11)21-3/h4-9H,10H2,1-3H3,(H,17,18,19). The maximum absolute atomic E-state index is 5.25. The van der Waals surface area contributed by atoms with Gasteiger partial charge in [-0.2, -0.15) is 0 Å². The summed E-state index contributed by atoms with van der Waals surface area (Å²) >= 11 is 0. The number of fused-ring (bicyclic) bond motifs is 1. The molecule has 0 fully saturated rings. The van der Waals surface area contributed by atoms with E-state index in [9.17, 15) is 0 Å². The molecule has 0 aliphatic rings. The van der Waals surface area contributed by atoms with Gasteiger partial charge >= 0.3 is 0 Å². The Hall–Kier alpha value is -2.56. The van der Waals surface area contributed by atoms with Crippen LogP contribution in [0.5, 0.6) is 5.75 Å². The van der Waals surface area contributed by atoms with Crippen molar-refractivity contribution < 1.29 is 4.74 Å². The van der Waals surface area contributed by atoms with Gasteiger partial charge in [0.2, 0.25) is 0 Å². The van der Waals surface area contributed by atoms with Crippen LogP contribution in [0.25, 0.3) is 11.2 Å². The number of aromatic amines is 1. The second kappa shape index (κ2) is 5.44. The van der Waals surface area contributed by atoms with Crippen molar-refractivity contribution in [1.82, 2.24) is 15.0 Å². The molecule has 2 aromatic heterocycles. The van der Waals surface area contributed by atoms with Crippen molar-refractivity contribution in [2.24, 2.45) is 0 Å². The number of H-pyrrole nitrogens is 1. The van der Waals surface area contributed by atoms with Crippen molar-refractivity contribution in [1.29, 1.82) is 0 Å². The van der Waals surface area contributed by atoms with Crippen LogP contribution in [-0.4, -0.2) is 36.2 Å². The van der Waals surface area contributed by atoms with Gasteiger partial charge in [0, 0.05) is 20.5 Å². The minimum atomic E-state index is 0.727. The maximum atomic E-state index is 5.25. The lowest BCUT2D eigenvalue weighted by atomic mass is 10.1. The molecule has 5 nitrogen and oxygen atoms in total. The fourth-order valence-corrected chi connectivity index (χ4v) is 2.24. The zero-order valence-corrected chi connectivity index (χ0v) is 12.4. The molecule has 0 aliphatic heterocycles. The van der Waals surface area contributed by atoms with Crippen LogP contribution >= 0.6 is 0 Å². The average Bonchev–Trinajstić information content (AvgIpc) is 2.88. The van der Waals surface area contributed by atoms with Crippen LogP contribution in [0.1, 0.15) is 11.4 Å². The summed E-state index contributed by atoms with van der Waals surface area (Å²) in [6.45, 7) is 0. The van der Waals surface area contributed by atoms with Crippen molar-refractivity contribution in [3.63, 3.8) is 0 Å². The predicted molar refractivity (Wildman–Crippen MR) is 84.0 cm³/mol. The number of nitrogens with one attached hydrogen (secondary N) is 1. The first-order valence-electron chi connectivity index (χ1n) is 6.81. The molecule has 5 heteroatoms. The highest BCUT2D eigenvalue weighted by Crippen LogP contribution is 2.18. The molecule has 0 amide bonds. The first-order chi connectivity index (χ1) is 10.2. The molecule has 1 N–H and O–H groups in total. The number of aromatic nitrogens is 3. The lowest BCUT2D eigenvalue weighted by molar-refractivity contribution is 0.414. The Morgan fingerprint density at radius 1 is 1.14 bits per heavy atom. The number of pyridine rings is 1. The van der Waals surface area contributed by atoms with Crippen LogP contribution in [0.4, 0.5) is 5.82 Å². The number of hydrogen-bond donors (Lipinski definition) is 1. The number of rotatable bonds is 4. The van der Waals surface area contributed by atoms with E-state index in [4.69, 9.17) is 4.74 Å². The zero-order valence-electron chi connectivity index (χ0n) is 12.4. The Balaban J connectivity index is 1.90. The van der Waals surface area contributed by atoms with Crippen LogP contribution in [-0.2, 0) is 6.42 Å². The third-order valence-electron chi connectivity index (χ3n) is 3.34. The van der Waals surface area contributed by atoms with Gasteiger partial charge in [0.05, 0.1) is 12.6 Å². The molecule has 0 saturated carbocycles. The topological polar surface area (TPSA) is 54.0 Å². The van der Waals surface area contributed by atoms with E-state index in [1.54, 1.807) is 7.11 Å². The summed E-state index contributed by atoms with van der Waals surface area (Å²) in [5.74, 6) is 2.67. The van der Waals surface area contributed by atoms with Gasteiger partial charge in [0.15, 0.2) is 5.65 Å². The summed E-state index contributed by atoms with van der Waals surface area (Å²) < 4.78 is 5.25. The zero-order chi connectivity index (χ0) is 14.8. The molecular formula is C16H18N4O. The van der Waals surface area contributed by atoms with Crippen molar-refractivity contribution in [3.05, 3.63) is 47.8 Å². The Morgan fingerprint density at radius 2 is 2.00 bits per heavy atom. The summed E-state index contributed by atoms with van der Waals surface area (Å²) in [5, 5.41) is 0. The molecule has 0 spiro atoms. The molecule has 2 heterocycles. The van der Waals surface area contributed by atoms with Crippen LogP contribution in [0.3, 0.4) is 0 Å². The summed E-state index contributed by atoms with van der Waals surface area (Å²) in [6.07, 6.45) is 0.727. The van der Waals surface area contributed by atoms with Gasteiger partial charge in [-0.05, 0) is 29.8 Å². The summed E-state index contributed by atoms with van der Waals surface area (Å²) in [7, 11) is 5.61. The highest BCUT2D eigenvalue weighted by atomic mass is 16.5. The van der Waals surface area contributed by atoms with E-state index >= 15 is 0 Å². The number of nitrogens with zero attached hydrogens (tertiary/aromatic N) is 3. The van der Waals surface area contributed by atoms with E-state index in [-0.39, 0.29) is 0 Å². The number of imidazole rings is 1. The Labute approximate surface area is 123 Å². The van der Waals surface area contributed by atoms with E-state index in [0.29, 0.717) is 0 Å². The Bertz CT molecular complexity index is 764. The minimum Gasteiger partial charge on any atom is -0.497 e. The van der Waals surface area contributed by atoms with Gasteiger partial charge in [0.25, 0.3) is 0 Å². The van der Waals surface area contributed by atoms with Crippen molar-refractivity contribution in [2.75, 3.05) is 26.1 Å². The molecule has 0 atom stereocenters. The van der Waals surface area contributed by atoms with E-state index in [2.05, 4.69) is 21.0 Å². The smallest absolute Gasteiger partial charge is 0.179 e. The van der Waals surface area contributed by atoms with Gasteiger partial charge in [-0.15, -0.1) is 0 Å². The van der Waals surface area contributed by atoms with Gasteiger partial charge in [-0.3, -0.25) is 0 Å². The summed E-state index contributed by atoms with van der Waals surface area (Å²) in [5.41, 5.74) is 2.86. The number of hydrogen-bond acceptors (Lipinski definition) is 4. The van der Waals surface area contributed by atoms with Gasteiger partial charge in [-0.1, -0.05) is 12.1 Å². The third-order valence-corrected chi connectivity index (χ3v) is 3.34. The maximum Gasteiger partial charge on any atom is 0.179 e. The average molecular weight is 282 g/mol. The predicted octanol–water partition coefficient (Wildman–Crippen LogP) is 2.62. The second-order valence-corrected chi connectivity index (χ2v) is 5.15. The first kappa shape index (κ1) is 13.4. The van der Waals surface area contributed by atoms with Crippen molar-refractivity contribution >= 4 is 17.0 Å². The fraction of sp³-hybridized carbons (Fsp3) is 0.250. The molecule has 3 rings (SSSR count). The quantitative estimate of drug-likeness (QED) is 0.799. The largest absolute Gasteiger partial charge is 0.497 e. The number of ether oxygens (including phenoxy) is 1. The fourth-order valence-electron chi connectivity index (χ4n) is 2.24. The Kier molecular flexibility index (Phi) is 3.48. The molecular weight excluding hydrogens is 264 g/mol. The Morgan fingerprint density at radius 3 is 2.76 bits per heavy atom. The minimum absolute atomic E-state index is 0.727. The SMILES string of the molecule is COc1cccc(Cc2nc3nc(N(C)C)ccc3[nH]2)c1. The van der Waals surface area contributed by atoms with E-state index in [0.717, 1.165) is 40.5 Å². The van der Waals surface area contributed by atoms with E-state index in [1.165, 1.54) is 0 Å². The van der Waals surface area contributed by atoms with Gasteiger partial charge in [-0.25, -0.2) is 9.97 Å². The molecule has 21 heavy (non-hydrogen) atoms. The summed E-state index contributed by atoms with van der Waals surface area (Å²) in [4.78, 5) is 14.4. The van der Waals surface area contributed by atoms with E-state index in [1.807, 2.05) is 49.3 Å². The van der Waals surface area contributed by atoms with E-state index < -0.39 is 0 Å². The monoisotopic (exact) mass is 282 g/mol. The van der Waals surface area contributed by atoms with Crippen LogP contribution in [0.15, 0.2) is 36.4 Å². The molecule has 0 unspecified atom stereocenters. The molecule has 108 valence electrons. The van der Waals surface area contributed by atoms with Crippen molar-refractivity contribution in [3.8, 4) is 5.75 Å². The third kappa shape index (κ3) is 2.81. The second-order valence-electron chi connectivity index (χ2n) is 5.15. The first-order valence-corrected chi connectivity index (χ1v) is 6.81. The summed E-state index contributed by atoms with van der Waals surface area (Å²) in [6, 6.07) is 12.0. The van der Waals surface area contributed by atoms with Crippen LogP contribution in [0, 0.1) is 0 Å².